The minimum absolute atomic E-state index is 0.186. The number of nitrogens with one attached hydrogen (secondary N) is 1. The van der Waals surface area contributed by atoms with E-state index >= 15 is 0 Å². The third-order valence-electron chi connectivity index (χ3n) is 2.17. The summed E-state index contributed by atoms with van der Waals surface area (Å²) in [5.41, 5.74) is -1.57. The number of imidazole rings is 1. The molecule has 0 saturated carbocycles. The van der Waals surface area contributed by atoms with Gasteiger partial charge in [0.25, 0.3) is 10.0 Å². The molecule has 0 radical (unpaired) electrons. The lowest BCUT2D eigenvalue weighted by molar-refractivity contribution is -0.142. The molecule has 0 aliphatic carbocycles. The number of carboxylic acid groups (broad SMARTS) is 1. The number of sulfonamides is 1. The van der Waals surface area contributed by atoms with Crippen LogP contribution in [0.2, 0.25) is 0 Å². The molecule has 0 aromatic carbocycles. The Balaban J connectivity index is 3.01. The normalized spacial score (nSPS) is 12.6. The molecule has 96 valence electrons. The Morgan fingerprint density at radius 3 is 2.59 bits per heavy atom. The number of carbonyl (C=O) groups is 1. The summed E-state index contributed by atoms with van der Waals surface area (Å²) in [7, 11) is -3.92. The number of aromatic nitrogens is 2. The smallest absolute Gasteiger partial charge is 0.324 e. The highest BCUT2D eigenvalue weighted by Crippen LogP contribution is 2.11. The second-order valence-corrected chi connectivity index (χ2v) is 5.71. The van der Waals surface area contributed by atoms with Gasteiger partial charge in [-0.25, -0.2) is 13.4 Å². The molecular formula is C9H15N3O4S. The van der Waals surface area contributed by atoms with Crippen molar-refractivity contribution in [1.29, 1.82) is 0 Å². The molecule has 0 spiro atoms. The van der Waals surface area contributed by atoms with Crippen LogP contribution < -0.4 is 4.72 Å². The van der Waals surface area contributed by atoms with Crippen LogP contribution in [0.3, 0.4) is 0 Å². The summed E-state index contributed by atoms with van der Waals surface area (Å²) < 4.78 is 27.3. The molecule has 1 aromatic heterocycles. The fourth-order valence-corrected chi connectivity index (χ4v) is 2.41. The molecule has 8 heteroatoms. The van der Waals surface area contributed by atoms with Gasteiger partial charge in [0, 0.05) is 12.7 Å². The number of aryl methyl sites for hydroxylation is 1. The van der Waals surface area contributed by atoms with Crippen LogP contribution in [-0.4, -0.2) is 34.6 Å². The molecular weight excluding hydrogens is 246 g/mol. The molecule has 1 aromatic rings. The first-order valence-electron chi connectivity index (χ1n) is 4.98. The molecule has 17 heavy (non-hydrogen) atoms. The Hall–Kier alpha value is -1.41. The lowest BCUT2D eigenvalue weighted by atomic mass is 10.1. The second-order valence-electron chi connectivity index (χ2n) is 4.08. The van der Waals surface area contributed by atoms with Gasteiger partial charge in [-0.3, -0.25) is 4.79 Å². The van der Waals surface area contributed by atoms with Crippen molar-refractivity contribution < 1.29 is 18.3 Å². The van der Waals surface area contributed by atoms with Crippen LogP contribution in [0.4, 0.5) is 0 Å². The molecule has 1 rings (SSSR count). The maximum absolute atomic E-state index is 11.8. The average Bonchev–Trinajstić information content (AvgIpc) is 2.64. The molecule has 0 unspecified atom stereocenters. The number of aliphatic carboxylic acids is 1. The van der Waals surface area contributed by atoms with Crippen molar-refractivity contribution >= 4 is 16.0 Å². The van der Waals surface area contributed by atoms with Gasteiger partial charge in [-0.15, -0.1) is 0 Å². The molecule has 0 bridgehead atoms. The van der Waals surface area contributed by atoms with Crippen LogP contribution in [0.1, 0.15) is 20.8 Å². The van der Waals surface area contributed by atoms with Gasteiger partial charge in [-0.05, 0) is 20.8 Å². The van der Waals surface area contributed by atoms with E-state index < -0.39 is 21.5 Å². The molecule has 0 saturated heterocycles. The van der Waals surface area contributed by atoms with Gasteiger partial charge in [0.15, 0.2) is 5.03 Å². The summed E-state index contributed by atoms with van der Waals surface area (Å²) in [6.07, 6.45) is 2.72. The van der Waals surface area contributed by atoms with Gasteiger partial charge in [0.2, 0.25) is 0 Å². The molecule has 0 aliphatic heterocycles. The van der Waals surface area contributed by atoms with E-state index in [4.69, 9.17) is 5.11 Å². The zero-order valence-electron chi connectivity index (χ0n) is 9.84. The zero-order chi connectivity index (χ0) is 13.3. The predicted octanol–water partition coefficient (Wildman–Crippen LogP) is 0.0445. The Morgan fingerprint density at radius 2 is 2.18 bits per heavy atom. The van der Waals surface area contributed by atoms with Gasteiger partial charge in [-0.1, -0.05) is 0 Å². The third-order valence-corrected chi connectivity index (χ3v) is 3.71. The minimum atomic E-state index is -3.92. The van der Waals surface area contributed by atoms with Gasteiger partial charge < -0.3 is 9.67 Å². The SMILES string of the molecule is CCn1cnc(S(=O)(=O)NC(C)(C)C(=O)O)c1. The molecule has 0 aliphatic rings. The predicted molar refractivity (Wildman–Crippen MR) is 59.9 cm³/mol. The van der Waals surface area contributed by atoms with Gasteiger partial charge in [-0.2, -0.15) is 4.72 Å². The molecule has 0 fully saturated rings. The Morgan fingerprint density at radius 1 is 1.59 bits per heavy atom. The Kier molecular flexibility index (Phi) is 3.58. The van der Waals surface area contributed by atoms with E-state index in [0.29, 0.717) is 6.54 Å². The highest BCUT2D eigenvalue weighted by Gasteiger charge is 2.33. The van der Waals surface area contributed by atoms with Crippen molar-refractivity contribution in [2.75, 3.05) is 0 Å². The van der Waals surface area contributed by atoms with Crippen LogP contribution in [0.15, 0.2) is 17.6 Å². The lowest BCUT2D eigenvalue weighted by Gasteiger charge is -2.19. The maximum atomic E-state index is 11.8. The summed E-state index contributed by atoms with van der Waals surface area (Å²) in [6, 6.07) is 0. The van der Waals surface area contributed by atoms with E-state index in [0.717, 1.165) is 0 Å². The fraction of sp³-hybridized carbons (Fsp3) is 0.556. The highest BCUT2D eigenvalue weighted by atomic mass is 32.2. The van der Waals surface area contributed by atoms with Crippen LogP contribution >= 0.6 is 0 Å². The lowest BCUT2D eigenvalue weighted by Crippen LogP contribution is -2.49. The first kappa shape index (κ1) is 13.7. The summed E-state index contributed by atoms with van der Waals surface area (Å²) in [6.45, 7) is 4.96. The van der Waals surface area contributed by atoms with E-state index in [9.17, 15) is 13.2 Å². The van der Waals surface area contributed by atoms with E-state index in [1.54, 1.807) is 4.57 Å². The maximum Gasteiger partial charge on any atom is 0.324 e. The number of rotatable bonds is 5. The van der Waals surface area contributed by atoms with Crippen LogP contribution in [0.25, 0.3) is 0 Å². The zero-order valence-corrected chi connectivity index (χ0v) is 10.7. The number of nitrogens with zero attached hydrogens (tertiary/aromatic N) is 2. The van der Waals surface area contributed by atoms with Crippen molar-refractivity contribution in [2.24, 2.45) is 0 Å². The standard InChI is InChI=1S/C9H15N3O4S/c1-4-12-5-7(10-6-12)17(15,16)11-9(2,3)8(13)14/h5-6,11H,4H2,1-3H3,(H,13,14). The average molecular weight is 261 g/mol. The number of hydrogen-bond donors (Lipinski definition) is 2. The minimum Gasteiger partial charge on any atom is -0.480 e. The first-order valence-corrected chi connectivity index (χ1v) is 6.46. The monoisotopic (exact) mass is 261 g/mol. The molecule has 0 amide bonds. The van der Waals surface area contributed by atoms with Crippen LogP contribution in [0.5, 0.6) is 0 Å². The summed E-state index contributed by atoms with van der Waals surface area (Å²) in [5.74, 6) is -1.25. The van der Waals surface area contributed by atoms with Crippen molar-refractivity contribution in [3.63, 3.8) is 0 Å². The molecule has 0 atom stereocenters. The van der Waals surface area contributed by atoms with E-state index in [1.807, 2.05) is 6.92 Å². The number of carboxylic acids is 1. The largest absolute Gasteiger partial charge is 0.480 e. The molecule has 1 heterocycles. The van der Waals surface area contributed by atoms with E-state index in [1.165, 1.54) is 26.4 Å². The Labute approximate surface area is 99.5 Å². The van der Waals surface area contributed by atoms with Gasteiger partial charge in [0.05, 0.1) is 6.33 Å². The fourth-order valence-electron chi connectivity index (χ4n) is 1.08. The third kappa shape index (κ3) is 3.04. The van der Waals surface area contributed by atoms with Crippen LogP contribution in [0, 0.1) is 0 Å². The Bertz CT molecular complexity index is 518. The van der Waals surface area contributed by atoms with E-state index in [-0.39, 0.29) is 5.03 Å². The first-order chi connectivity index (χ1) is 7.69. The van der Waals surface area contributed by atoms with Gasteiger partial charge in [0.1, 0.15) is 5.54 Å². The van der Waals surface area contributed by atoms with Crippen molar-refractivity contribution in [2.45, 2.75) is 37.9 Å². The topological polar surface area (TPSA) is 101 Å². The van der Waals surface area contributed by atoms with Crippen molar-refractivity contribution in [1.82, 2.24) is 14.3 Å². The highest BCUT2D eigenvalue weighted by molar-refractivity contribution is 7.89. The summed E-state index contributed by atoms with van der Waals surface area (Å²) in [4.78, 5) is 14.6. The van der Waals surface area contributed by atoms with Crippen molar-refractivity contribution in [3.8, 4) is 0 Å². The summed E-state index contributed by atoms with van der Waals surface area (Å²) in [5, 5.41) is 8.66. The summed E-state index contributed by atoms with van der Waals surface area (Å²) >= 11 is 0. The molecule has 7 nitrogen and oxygen atoms in total. The van der Waals surface area contributed by atoms with E-state index in [2.05, 4.69) is 9.71 Å². The quantitative estimate of drug-likeness (QED) is 0.779. The van der Waals surface area contributed by atoms with Crippen LogP contribution in [-0.2, 0) is 21.4 Å². The van der Waals surface area contributed by atoms with Crippen molar-refractivity contribution in [3.05, 3.63) is 12.5 Å². The van der Waals surface area contributed by atoms with Gasteiger partial charge >= 0.3 is 5.97 Å². The molecule has 2 N–H and O–H groups in total. The second kappa shape index (κ2) is 4.46. The number of hydrogen-bond acceptors (Lipinski definition) is 4.